The number of carbonyl (C=O) groups is 2. The summed E-state index contributed by atoms with van der Waals surface area (Å²) >= 11 is 0. The summed E-state index contributed by atoms with van der Waals surface area (Å²) in [6, 6.07) is 14.9. The lowest BCUT2D eigenvalue weighted by atomic mass is 10.2. The standard InChI is InChI=1S/C19H19N3O4/c1-13(2)26-17-9-5-15(6-10-17)19(24)22-21-18(23)12-25-16-7-3-14(11-20)4-8-16/h3-10,13H,12H2,1-2H3,(H,21,23)(H,22,24). The Kier molecular flexibility index (Phi) is 6.57. The molecule has 0 unspecified atom stereocenters. The maximum absolute atomic E-state index is 12.0. The van der Waals surface area contributed by atoms with Crippen LogP contribution in [-0.2, 0) is 4.79 Å². The molecular weight excluding hydrogens is 334 g/mol. The van der Waals surface area contributed by atoms with Gasteiger partial charge in [0.25, 0.3) is 11.8 Å². The van der Waals surface area contributed by atoms with Crippen LogP contribution in [0, 0.1) is 11.3 Å². The van der Waals surface area contributed by atoms with Crippen LogP contribution < -0.4 is 20.3 Å². The van der Waals surface area contributed by atoms with Crippen LogP contribution in [0.4, 0.5) is 0 Å². The van der Waals surface area contributed by atoms with Crippen molar-refractivity contribution < 1.29 is 19.1 Å². The number of rotatable bonds is 6. The highest BCUT2D eigenvalue weighted by molar-refractivity contribution is 5.95. The van der Waals surface area contributed by atoms with Crippen LogP contribution in [0.15, 0.2) is 48.5 Å². The first-order valence-corrected chi connectivity index (χ1v) is 7.97. The van der Waals surface area contributed by atoms with Crippen molar-refractivity contribution in [2.75, 3.05) is 6.61 Å². The molecule has 0 heterocycles. The monoisotopic (exact) mass is 353 g/mol. The van der Waals surface area contributed by atoms with Gasteiger partial charge in [0, 0.05) is 5.56 Å². The molecular formula is C19H19N3O4. The number of nitriles is 1. The van der Waals surface area contributed by atoms with Crippen molar-refractivity contribution in [1.82, 2.24) is 10.9 Å². The second-order valence-electron chi connectivity index (χ2n) is 5.62. The number of hydrogen-bond acceptors (Lipinski definition) is 5. The summed E-state index contributed by atoms with van der Waals surface area (Å²) in [5, 5.41) is 8.71. The van der Waals surface area contributed by atoms with E-state index in [0.717, 1.165) is 0 Å². The van der Waals surface area contributed by atoms with E-state index in [-0.39, 0.29) is 12.7 Å². The molecule has 0 aromatic heterocycles. The molecule has 0 saturated heterocycles. The predicted molar refractivity (Wildman–Crippen MR) is 94.5 cm³/mol. The molecule has 2 rings (SSSR count). The number of hydrogen-bond donors (Lipinski definition) is 2. The summed E-state index contributed by atoms with van der Waals surface area (Å²) in [6.07, 6.45) is 0.0464. The Hall–Kier alpha value is -3.53. The highest BCUT2D eigenvalue weighted by atomic mass is 16.5. The minimum Gasteiger partial charge on any atom is -0.491 e. The summed E-state index contributed by atoms with van der Waals surface area (Å²) in [4.78, 5) is 23.7. The lowest BCUT2D eigenvalue weighted by molar-refractivity contribution is -0.123. The summed E-state index contributed by atoms with van der Waals surface area (Å²) in [6.45, 7) is 3.56. The first kappa shape index (κ1) is 18.8. The van der Waals surface area contributed by atoms with Crippen molar-refractivity contribution in [3.8, 4) is 17.6 Å². The van der Waals surface area contributed by atoms with Crippen LogP contribution in [-0.4, -0.2) is 24.5 Å². The van der Waals surface area contributed by atoms with Crippen molar-refractivity contribution >= 4 is 11.8 Å². The molecule has 0 radical (unpaired) electrons. The average Bonchev–Trinajstić information content (AvgIpc) is 2.65. The van der Waals surface area contributed by atoms with Gasteiger partial charge in [0.1, 0.15) is 11.5 Å². The topological polar surface area (TPSA) is 100 Å². The number of nitrogens with zero attached hydrogens (tertiary/aromatic N) is 1. The molecule has 2 amide bonds. The van der Waals surface area contributed by atoms with Gasteiger partial charge in [0.15, 0.2) is 6.61 Å². The molecule has 0 aliphatic heterocycles. The van der Waals surface area contributed by atoms with Gasteiger partial charge < -0.3 is 9.47 Å². The molecule has 7 nitrogen and oxygen atoms in total. The van der Waals surface area contributed by atoms with E-state index in [2.05, 4.69) is 10.9 Å². The molecule has 0 atom stereocenters. The number of hydrazine groups is 1. The van der Waals surface area contributed by atoms with Crippen LogP contribution in [0.25, 0.3) is 0 Å². The third kappa shape index (κ3) is 5.83. The maximum Gasteiger partial charge on any atom is 0.276 e. The molecule has 2 N–H and O–H groups in total. The van der Waals surface area contributed by atoms with E-state index in [0.29, 0.717) is 22.6 Å². The number of carbonyl (C=O) groups excluding carboxylic acids is 2. The van der Waals surface area contributed by atoms with Gasteiger partial charge in [-0.05, 0) is 62.4 Å². The summed E-state index contributed by atoms with van der Waals surface area (Å²) in [5.74, 6) is 0.151. The zero-order valence-corrected chi connectivity index (χ0v) is 14.5. The van der Waals surface area contributed by atoms with Gasteiger partial charge in [-0.15, -0.1) is 0 Å². The minimum absolute atomic E-state index is 0.0464. The SMILES string of the molecule is CC(C)Oc1ccc(C(=O)NNC(=O)COc2ccc(C#N)cc2)cc1. The molecule has 0 aliphatic rings. The number of ether oxygens (including phenoxy) is 2. The number of nitrogens with one attached hydrogen (secondary N) is 2. The largest absolute Gasteiger partial charge is 0.491 e. The maximum atomic E-state index is 12.0. The van der Waals surface area contributed by atoms with E-state index < -0.39 is 11.8 Å². The highest BCUT2D eigenvalue weighted by Gasteiger charge is 2.08. The van der Waals surface area contributed by atoms with Crippen molar-refractivity contribution in [2.45, 2.75) is 20.0 Å². The van der Waals surface area contributed by atoms with E-state index in [1.807, 2.05) is 19.9 Å². The molecule has 0 aliphatic carbocycles. The van der Waals surface area contributed by atoms with Gasteiger partial charge in [-0.3, -0.25) is 20.4 Å². The van der Waals surface area contributed by atoms with Gasteiger partial charge in [0.2, 0.25) is 0 Å². The van der Waals surface area contributed by atoms with Gasteiger partial charge in [0.05, 0.1) is 17.7 Å². The molecule has 7 heteroatoms. The zero-order chi connectivity index (χ0) is 18.9. The van der Waals surface area contributed by atoms with Crippen LogP contribution >= 0.6 is 0 Å². The molecule has 2 aromatic carbocycles. The van der Waals surface area contributed by atoms with Crippen molar-refractivity contribution in [3.63, 3.8) is 0 Å². The number of benzene rings is 2. The third-order valence-corrected chi connectivity index (χ3v) is 3.16. The fourth-order valence-corrected chi connectivity index (χ4v) is 1.97. The molecule has 0 fully saturated rings. The normalized spacial score (nSPS) is 9.92. The van der Waals surface area contributed by atoms with Crippen molar-refractivity contribution in [3.05, 3.63) is 59.7 Å². The van der Waals surface area contributed by atoms with Gasteiger partial charge in [-0.1, -0.05) is 0 Å². The second-order valence-corrected chi connectivity index (χ2v) is 5.62. The summed E-state index contributed by atoms with van der Waals surface area (Å²) < 4.78 is 10.8. The first-order valence-electron chi connectivity index (χ1n) is 7.97. The smallest absolute Gasteiger partial charge is 0.276 e. The van der Waals surface area contributed by atoms with Gasteiger partial charge >= 0.3 is 0 Å². The van der Waals surface area contributed by atoms with Crippen LogP contribution in [0.1, 0.15) is 29.8 Å². The van der Waals surface area contributed by atoms with Crippen LogP contribution in [0.2, 0.25) is 0 Å². The van der Waals surface area contributed by atoms with Gasteiger partial charge in [-0.25, -0.2) is 0 Å². The number of amides is 2. The predicted octanol–water partition coefficient (Wildman–Crippen LogP) is 2.19. The van der Waals surface area contributed by atoms with E-state index in [1.54, 1.807) is 48.5 Å². The average molecular weight is 353 g/mol. The lowest BCUT2D eigenvalue weighted by Gasteiger charge is -2.11. The van der Waals surface area contributed by atoms with Crippen molar-refractivity contribution in [1.29, 1.82) is 5.26 Å². The van der Waals surface area contributed by atoms with Crippen LogP contribution in [0.5, 0.6) is 11.5 Å². The van der Waals surface area contributed by atoms with Gasteiger partial charge in [-0.2, -0.15) is 5.26 Å². The Morgan fingerprint density at radius 3 is 2.19 bits per heavy atom. The Morgan fingerprint density at radius 1 is 1.00 bits per heavy atom. The highest BCUT2D eigenvalue weighted by Crippen LogP contribution is 2.13. The molecule has 0 saturated carbocycles. The zero-order valence-electron chi connectivity index (χ0n) is 14.5. The Labute approximate surface area is 151 Å². The Balaban J connectivity index is 1.77. The second kappa shape index (κ2) is 9.08. The van der Waals surface area contributed by atoms with E-state index in [9.17, 15) is 9.59 Å². The summed E-state index contributed by atoms with van der Waals surface area (Å²) in [7, 11) is 0. The molecule has 26 heavy (non-hydrogen) atoms. The first-order chi connectivity index (χ1) is 12.5. The van der Waals surface area contributed by atoms with Crippen molar-refractivity contribution in [2.24, 2.45) is 0 Å². The summed E-state index contributed by atoms with van der Waals surface area (Å²) in [5.41, 5.74) is 5.47. The van der Waals surface area contributed by atoms with Crippen LogP contribution in [0.3, 0.4) is 0 Å². The molecule has 2 aromatic rings. The van der Waals surface area contributed by atoms with E-state index in [4.69, 9.17) is 14.7 Å². The van der Waals surface area contributed by atoms with E-state index >= 15 is 0 Å². The quantitative estimate of drug-likeness (QED) is 0.775. The lowest BCUT2D eigenvalue weighted by Crippen LogP contribution is -2.43. The Morgan fingerprint density at radius 2 is 1.62 bits per heavy atom. The minimum atomic E-state index is -0.512. The molecule has 0 spiro atoms. The fraction of sp³-hybridized carbons (Fsp3) is 0.211. The third-order valence-electron chi connectivity index (χ3n) is 3.16. The molecule has 0 bridgehead atoms. The fourth-order valence-electron chi connectivity index (χ4n) is 1.97. The molecule has 134 valence electrons. The van der Waals surface area contributed by atoms with E-state index in [1.165, 1.54) is 0 Å². The Bertz CT molecular complexity index is 793.